The molecule has 1 N–H and O–H groups in total. The molecule has 1 fully saturated rings. The van der Waals surface area contributed by atoms with Crippen molar-refractivity contribution in [3.05, 3.63) is 0 Å². The predicted molar refractivity (Wildman–Crippen MR) is 108 cm³/mol. The van der Waals surface area contributed by atoms with Gasteiger partial charge in [-0.2, -0.15) is 0 Å². The van der Waals surface area contributed by atoms with Crippen LogP contribution in [-0.4, -0.2) is 53.7 Å². The lowest BCUT2D eigenvalue weighted by Crippen LogP contribution is -2.37. The summed E-state index contributed by atoms with van der Waals surface area (Å²) in [5, 5.41) is 2.78. The maximum atomic E-state index is 12.8. The van der Waals surface area contributed by atoms with Crippen molar-refractivity contribution in [1.82, 2.24) is 10.2 Å². The number of nitrogens with zero attached hydrogens (tertiary/aromatic N) is 1. The van der Waals surface area contributed by atoms with Crippen LogP contribution in [0.4, 0.5) is 4.79 Å². The number of likely N-dealkylation sites (tertiary alicyclic amines) is 1. The molecule has 0 saturated carbocycles. The van der Waals surface area contributed by atoms with Crippen LogP contribution in [0.25, 0.3) is 0 Å². The number of hydrogen-bond donors (Lipinski definition) is 1. The lowest BCUT2D eigenvalue weighted by molar-refractivity contribution is -0.162. The van der Waals surface area contributed by atoms with Gasteiger partial charge in [0.15, 0.2) is 0 Å². The molecule has 7 heteroatoms. The number of esters is 1. The second kappa shape index (κ2) is 10.1. The molecule has 1 saturated heterocycles. The standard InChI is InChI=1S/C21H38N2O5/c1-15(24)22-12-9-8-10-17(18(25)27-20(2,3)4)16-11-13-23(14-16)19(26)28-21(5,6)7/h16-17H,8-14H2,1-7H3,(H,22,24)/t16-,17-/m0/s1. The predicted octanol–water partition coefficient (Wildman–Crippen LogP) is 3.51. The van der Waals surface area contributed by atoms with Crippen LogP contribution in [0.2, 0.25) is 0 Å². The Kier molecular flexibility index (Phi) is 8.76. The van der Waals surface area contributed by atoms with E-state index in [0.29, 0.717) is 26.1 Å². The molecule has 1 aliphatic rings. The van der Waals surface area contributed by atoms with Gasteiger partial charge in [-0.25, -0.2) is 4.79 Å². The highest BCUT2D eigenvalue weighted by Gasteiger charge is 2.38. The average molecular weight is 399 g/mol. The molecule has 1 aliphatic heterocycles. The molecule has 2 atom stereocenters. The Balaban J connectivity index is 2.69. The van der Waals surface area contributed by atoms with Crippen molar-refractivity contribution in [2.45, 2.75) is 85.4 Å². The van der Waals surface area contributed by atoms with Crippen LogP contribution < -0.4 is 5.32 Å². The Morgan fingerprint density at radius 2 is 1.64 bits per heavy atom. The summed E-state index contributed by atoms with van der Waals surface area (Å²) in [6.07, 6.45) is 2.73. The van der Waals surface area contributed by atoms with Crippen molar-refractivity contribution in [3.8, 4) is 0 Å². The fourth-order valence-corrected chi connectivity index (χ4v) is 3.29. The number of carbonyl (C=O) groups excluding carboxylic acids is 3. The number of unbranched alkanes of at least 4 members (excludes halogenated alkanes) is 1. The van der Waals surface area contributed by atoms with Crippen molar-refractivity contribution in [2.24, 2.45) is 11.8 Å². The quantitative estimate of drug-likeness (QED) is 0.524. The van der Waals surface area contributed by atoms with E-state index in [1.54, 1.807) is 4.90 Å². The Bertz CT molecular complexity index is 548. The Hall–Kier alpha value is -1.79. The molecule has 0 aromatic carbocycles. The SMILES string of the molecule is CC(=O)NCCCC[C@H](C(=O)OC(C)(C)C)[C@H]1CCN(C(=O)OC(C)(C)C)C1. The first kappa shape index (κ1) is 24.2. The van der Waals surface area contributed by atoms with Crippen LogP contribution in [0.1, 0.15) is 74.1 Å². The molecule has 162 valence electrons. The summed E-state index contributed by atoms with van der Waals surface area (Å²) in [6.45, 7) is 14.3. The van der Waals surface area contributed by atoms with Gasteiger partial charge in [-0.3, -0.25) is 9.59 Å². The topological polar surface area (TPSA) is 84.9 Å². The third kappa shape index (κ3) is 9.42. The molecule has 28 heavy (non-hydrogen) atoms. The second-order valence-electron chi connectivity index (χ2n) is 9.59. The minimum absolute atomic E-state index is 0.0486. The van der Waals surface area contributed by atoms with Gasteiger partial charge in [-0.15, -0.1) is 0 Å². The van der Waals surface area contributed by atoms with Gasteiger partial charge in [0.05, 0.1) is 5.92 Å². The Morgan fingerprint density at radius 3 is 2.18 bits per heavy atom. The molecule has 0 aliphatic carbocycles. The van der Waals surface area contributed by atoms with Crippen LogP contribution in [0, 0.1) is 11.8 Å². The largest absolute Gasteiger partial charge is 0.460 e. The molecule has 0 aromatic heterocycles. The van der Waals surface area contributed by atoms with Crippen LogP contribution in [0.15, 0.2) is 0 Å². The highest BCUT2D eigenvalue weighted by molar-refractivity contribution is 5.74. The number of hydrogen-bond acceptors (Lipinski definition) is 5. The van der Waals surface area contributed by atoms with E-state index in [0.717, 1.165) is 19.3 Å². The molecule has 1 heterocycles. The highest BCUT2D eigenvalue weighted by atomic mass is 16.6. The molecule has 1 rings (SSSR count). The van der Waals surface area contributed by atoms with Crippen molar-refractivity contribution in [1.29, 1.82) is 0 Å². The van der Waals surface area contributed by atoms with Gasteiger partial charge in [0, 0.05) is 26.6 Å². The van der Waals surface area contributed by atoms with Gasteiger partial charge in [-0.1, -0.05) is 6.42 Å². The monoisotopic (exact) mass is 398 g/mol. The zero-order valence-corrected chi connectivity index (χ0v) is 18.6. The summed E-state index contributed by atoms with van der Waals surface area (Å²) >= 11 is 0. The van der Waals surface area contributed by atoms with Gasteiger partial charge in [0.1, 0.15) is 11.2 Å². The van der Waals surface area contributed by atoms with Crippen molar-refractivity contribution in [3.63, 3.8) is 0 Å². The van der Waals surface area contributed by atoms with Gasteiger partial charge in [-0.05, 0) is 66.7 Å². The van der Waals surface area contributed by atoms with Gasteiger partial charge >= 0.3 is 12.1 Å². The number of nitrogens with one attached hydrogen (secondary N) is 1. The van der Waals surface area contributed by atoms with E-state index in [4.69, 9.17) is 9.47 Å². The summed E-state index contributed by atoms with van der Waals surface area (Å²) in [6, 6.07) is 0. The summed E-state index contributed by atoms with van der Waals surface area (Å²) in [5.74, 6) is -0.456. The van der Waals surface area contributed by atoms with Crippen LogP contribution in [0.5, 0.6) is 0 Å². The first-order valence-corrected chi connectivity index (χ1v) is 10.2. The van der Waals surface area contributed by atoms with E-state index in [9.17, 15) is 14.4 Å². The van der Waals surface area contributed by atoms with Gasteiger partial charge < -0.3 is 19.7 Å². The fraction of sp³-hybridized carbons (Fsp3) is 0.857. The van der Waals surface area contributed by atoms with E-state index < -0.39 is 11.2 Å². The Morgan fingerprint density at radius 1 is 1.04 bits per heavy atom. The first-order valence-electron chi connectivity index (χ1n) is 10.2. The molecule has 7 nitrogen and oxygen atoms in total. The maximum Gasteiger partial charge on any atom is 0.410 e. The van der Waals surface area contributed by atoms with Crippen LogP contribution >= 0.6 is 0 Å². The number of amides is 2. The van der Waals surface area contributed by atoms with Crippen molar-refractivity contribution in [2.75, 3.05) is 19.6 Å². The second-order valence-corrected chi connectivity index (χ2v) is 9.59. The highest BCUT2D eigenvalue weighted by Crippen LogP contribution is 2.31. The normalized spacial score (nSPS) is 18.5. The van der Waals surface area contributed by atoms with Crippen molar-refractivity contribution < 1.29 is 23.9 Å². The first-order chi connectivity index (χ1) is 12.8. The summed E-state index contributed by atoms with van der Waals surface area (Å²) in [7, 11) is 0. The third-order valence-corrected chi connectivity index (χ3v) is 4.47. The van der Waals surface area contributed by atoms with Gasteiger partial charge in [0.25, 0.3) is 0 Å². The maximum absolute atomic E-state index is 12.8. The summed E-state index contributed by atoms with van der Waals surface area (Å²) in [5.41, 5.74) is -1.08. The lowest BCUT2D eigenvalue weighted by Gasteiger charge is -2.28. The van der Waals surface area contributed by atoms with E-state index in [-0.39, 0.29) is 29.8 Å². The third-order valence-electron chi connectivity index (χ3n) is 4.47. The molecule has 0 bridgehead atoms. The number of ether oxygens (including phenoxy) is 2. The molecule has 0 unspecified atom stereocenters. The van der Waals surface area contributed by atoms with E-state index in [1.807, 2.05) is 41.5 Å². The average Bonchev–Trinajstić information content (AvgIpc) is 2.96. The molecule has 2 amide bonds. The minimum atomic E-state index is -0.547. The molecular formula is C21H38N2O5. The zero-order chi connectivity index (χ0) is 21.5. The summed E-state index contributed by atoms with van der Waals surface area (Å²) < 4.78 is 11.1. The minimum Gasteiger partial charge on any atom is -0.460 e. The van der Waals surface area contributed by atoms with Crippen LogP contribution in [-0.2, 0) is 19.1 Å². The van der Waals surface area contributed by atoms with Gasteiger partial charge in [0.2, 0.25) is 5.91 Å². The summed E-state index contributed by atoms with van der Waals surface area (Å²) in [4.78, 5) is 37.8. The van der Waals surface area contributed by atoms with E-state index >= 15 is 0 Å². The number of rotatable bonds is 7. The molecule has 0 spiro atoms. The molecule has 0 aromatic rings. The van der Waals surface area contributed by atoms with Crippen molar-refractivity contribution >= 4 is 18.0 Å². The Labute approximate surface area is 169 Å². The van der Waals surface area contributed by atoms with E-state index in [2.05, 4.69) is 5.32 Å². The molecular weight excluding hydrogens is 360 g/mol. The van der Waals surface area contributed by atoms with Crippen LogP contribution in [0.3, 0.4) is 0 Å². The van der Waals surface area contributed by atoms with E-state index in [1.165, 1.54) is 6.92 Å². The smallest absolute Gasteiger partial charge is 0.410 e. The lowest BCUT2D eigenvalue weighted by atomic mass is 9.87. The number of carbonyl (C=O) groups is 3. The zero-order valence-electron chi connectivity index (χ0n) is 18.6. The molecule has 0 radical (unpaired) electrons. The fourth-order valence-electron chi connectivity index (χ4n) is 3.29.